The first-order valence-corrected chi connectivity index (χ1v) is 7.74. The van der Waals surface area contributed by atoms with Gasteiger partial charge in [-0.2, -0.15) is 0 Å². The number of hydrogen-bond donors (Lipinski definition) is 0. The van der Waals surface area contributed by atoms with Gasteiger partial charge < -0.3 is 0 Å². The Balaban J connectivity index is 1.82. The molecule has 3 rings (SSSR count). The van der Waals surface area contributed by atoms with Crippen molar-refractivity contribution in [3.05, 3.63) is 101 Å². The molecule has 0 aliphatic carbocycles. The Morgan fingerprint density at radius 2 is 1.04 bits per heavy atom. The van der Waals surface area contributed by atoms with Gasteiger partial charge in [-0.15, -0.1) is 0 Å². The molecule has 0 aliphatic rings. The third kappa shape index (κ3) is 4.52. The summed E-state index contributed by atoms with van der Waals surface area (Å²) in [4.78, 5) is 4.69. The highest BCUT2D eigenvalue weighted by atomic mass is 14.7. The van der Waals surface area contributed by atoms with Crippen LogP contribution in [0.5, 0.6) is 0 Å². The third-order valence-electron chi connectivity index (χ3n) is 3.50. The Morgan fingerprint density at radius 3 is 1.48 bits per heavy atom. The summed E-state index contributed by atoms with van der Waals surface area (Å²) >= 11 is 0. The van der Waals surface area contributed by atoms with Crippen molar-refractivity contribution in [1.82, 2.24) is 4.98 Å². The van der Waals surface area contributed by atoms with Crippen LogP contribution < -0.4 is 0 Å². The van der Waals surface area contributed by atoms with Gasteiger partial charge in [-0.05, 0) is 47.9 Å². The van der Waals surface area contributed by atoms with Crippen LogP contribution in [0.2, 0.25) is 0 Å². The van der Waals surface area contributed by atoms with E-state index in [1.165, 1.54) is 16.7 Å². The molecular formula is C22H19N. The van der Waals surface area contributed by atoms with E-state index < -0.39 is 0 Å². The van der Waals surface area contributed by atoms with Gasteiger partial charge in [0.05, 0.1) is 11.4 Å². The Morgan fingerprint density at radius 1 is 0.609 bits per heavy atom. The molecule has 1 heteroatoms. The first-order chi connectivity index (χ1) is 11.3. The maximum absolute atomic E-state index is 4.69. The van der Waals surface area contributed by atoms with Crippen LogP contribution >= 0.6 is 0 Å². The minimum atomic E-state index is 0.974. The molecule has 1 heterocycles. The van der Waals surface area contributed by atoms with Crippen LogP contribution in [0.15, 0.2) is 72.8 Å². The van der Waals surface area contributed by atoms with Crippen molar-refractivity contribution < 1.29 is 0 Å². The zero-order valence-corrected chi connectivity index (χ0v) is 13.2. The molecule has 1 aromatic heterocycles. The molecule has 0 radical (unpaired) electrons. The summed E-state index contributed by atoms with van der Waals surface area (Å²) in [5.74, 6) is 0. The number of aryl methyl sites for hydroxylation is 1. The zero-order chi connectivity index (χ0) is 15.9. The summed E-state index contributed by atoms with van der Waals surface area (Å²) in [5.41, 5.74) is 5.51. The Hall–Kier alpha value is -2.93. The van der Waals surface area contributed by atoms with Crippen LogP contribution in [-0.4, -0.2) is 4.98 Å². The van der Waals surface area contributed by atoms with E-state index >= 15 is 0 Å². The van der Waals surface area contributed by atoms with E-state index in [2.05, 4.69) is 67.6 Å². The maximum Gasteiger partial charge on any atom is 0.0639 e. The topological polar surface area (TPSA) is 12.9 Å². The number of nitrogens with zero attached hydrogens (tertiary/aromatic N) is 1. The second-order valence-corrected chi connectivity index (χ2v) is 5.48. The fourth-order valence-corrected chi connectivity index (χ4v) is 2.38. The summed E-state index contributed by atoms with van der Waals surface area (Å²) in [7, 11) is 0. The van der Waals surface area contributed by atoms with Gasteiger partial charge in [0.1, 0.15) is 0 Å². The van der Waals surface area contributed by atoms with Crippen molar-refractivity contribution in [1.29, 1.82) is 0 Å². The highest BCUT2D eigenvalue weighted by Gasteiger charge is 1.96. The Bertz CT molecular complexity index is 747. The average Bonchev–Trinajstić information content (AvgIpc) is 2.60. The van der Waals surface area contributed by atoms with E-state index in [0.29, 0.717) is 0 Å². The number of aromatic nitrogens is 1. The normalized spacial score (nSPS) is 11.3. The van der Waals surface area contributed by atoms with Gasteiger partial charge in [0.15, 0.2) is 0 Å². The predicted molar refractivity (Wildman–Crippen MR) is 99.7 cm³/mol. The molecule has 0 spiro atoms. The minimum Gasteiger partial charge on any atom is -0.249 e. The summed E-state index contributed by atoms with van der Waals surface area (Å²) in [6.45, 7) is 2.10. The molecule has 112 valence electrons. The van der Waals surface area contributed by atoms with Crippen molar-refractivity contribution >= 4 is 24.3 Å². The van der Waals surface area contributed by atoms with Gasteiger partial charge in [-0.1, -0.05) is 72.8 Å². The van der Waals surface area contributed by atoms with E-state index in [1.807, 2.05) is 36.4 Å². The molecular weight excluding hydrogens is 278 g/mol. The van der Waals surface area contributed by atoms with Gasteiger partial charge in [-0.3, -0.25) is 0 Å². The summed E-state index contributed by atoms with van der Waals surface area (Å²) in [6, 6.07) is 24.7. The number of benzene rings is 2. The first-order valence-electron chi connectivity index (χ1n) is 7.74. The molecule has 2 aromatic carbocycles. The number of rotatable bonds is 4. The van der Waals surface area contributed by atoms with Crippen LogP contribution in [0.3, 0.4) is 0 Å². The molecule has 0 amide bonds. The van der Waals surface area contributed by atoms with Crippen molar-refractivity contribution in [3.63, 3.8) is 0 Å². The number of pyridine rings is 1. The smallest absolute Gasteiger partial charge is 0.0639 e. The molecule has 0 aliphatic heterocycles. The molecule has 0 saturated carbocycles. The van der Waals surface area contributed by atoms with Crippen LogP contribution in [0.25, 0.3) is 24.3 Å². The second-order valence-electron chi connectivity index (χ2n) is 5.48. The van der Waals surface area contributed by atoms with Crippen molar-refractivity contribution in [3.8, 4) is 0 Å². The van der Waals surface area contributed by atoms with Gasteiger partial charge in [-0.25, -0.2) is 4.98 Å². The number of hydrogen-bond acceptors (Lipinski definition) is 1. The largest absolute Gasteiger partial charge is 0.249 e. The maximum atomic E-state index is 4.69. The lowest BCUT2D eigenvalue weighted by atomic mass is 10.1. The zero-order valence-electron chi connectivity index (χ0n) is 13.2. The quantitative estimate of drug-likeness (QED) is 0.599. The monoisotopic (exact) mass is 297 g/mol. The van der Waals surface area contributed by atoms with Crippen molar-refractivity contribution in [2.24, 2.45) is 0 Å². The molecule has 0 unspecified atom stereocenters. The average molecular weight is 297 g/mol. The van der Waals surface area contributed by atoms with Crippen LogP contribution in [0, 0.1) is 6.92 Å². The first kappa shape index (κ1) is 15.0. The predicted octanol–water partition coefficient (Wildman–Crippen LogP) is 5.73. The van der Waals surface area contributed by atoms with Crippen LogP contribution in [0.1, 0.15) is 28.1 Å². The Labute approximate surface area is 137 Å². The van der Waals surface area contributed by atoms with E-state index in [9.17, 15) is 0 Å². The van der Waals surface area contributed by atoms with E-state index in [-0.39, 0.29) is 0 Å². The lowest BCUT2D eigenvalue weighted by Gasteiger charge is -2.01. The van der Waals surface area contributed by atoms with Gasteiger partial charge in [0.25, 0.3) is 0 Å². The molecule has 0 fully saturated rings. The molecule has 3 aromatic rings. The minimum absolute atomic E-state index is 0.974. The van der Waals surface area contributed by atoms with Gasteiger partial charge in [0, 0.05) is 0 Å². The van der Waals surface area contributed by atoms with E-state index in [0.717, 1.165) is 11.4 Å². The van der Waals surface area contributed by atoms with E-state index in [1.54, 1.807) is 0 Å². The lowest BCUT2D eigenvalue weighted by molar-refractivity contribution is 1.23. The second kappa shape index (κ2) is 7.37. The van der Waals surface area contributed by atoms with Gasteiger partial charge in [0.2, 0.25) is 0 Å². The van der Waals surface area contributed by atoms with Gasteiger partial charge >= 0.3 is 0 Å². The highest BCUT2D eigenvalue weighted by Crippen LogP contribution is 2.12. The fraction of sp³-hybridized carbons (Fsp3) is 0.0455. The Kier molecular flexibility index (Phi) is 4.80. The summed E-state index contributed by atoms with van der Waals surface area (Å²) in [5, 5.41) is 0. The molecule has 1 nitrogen and oxygen atoms in total. The molecule has 23 heavy (non-hydrogen) atoms. The molecule has 0 saturated heterocycles. The third-order valence-corrected chi connectivity index (χ3v) is 3.50. The molecule has 0 atom stereocenters. The molecule has 0 bridgehead atoms. The standard InChI is InChI=1S/C22H19N/c1-18-16-21(14-12-19-8-4-2-5-9-19)23-22(17-18)15-13-20-10-6-3-7-11-20/h2-17H,1H3/b14-12-,15-13-. The van der Waals surface area contributed by atoms with Crippen LogP contribution in [0.4, 0.5) is 0 Å². The fourth-order valence-electron chi connectivity index (χ4n) is 2.38. The SMILES string of the molecule is Cc1cc(/C=C\c2ccccc2)nc(/C=C\c2ccccc2)c1. The van der Waals surface area contributed by atoms with Crippen molar-refractivity contribution in [2.75, 3.05) is 0 Å². The van der Waals surface area contributed by atoms with Crippen molar-refractivity contribution in [2.45, 2.75) is 6.92 Å². The molecule has 0 N–H and O–H groups in total. The lowest BCUT2D eigenvalue weighted by Crippen LogP contribution is -1.87. The van der Waals surface area contributed by atoms with E-state index in [4.69, 9.17) is 4.98 Å². The summed E-state index contributed by atoms with van der Waals surface area (Å²) < 4.78 is 0. The highest BCUT2D eigenvalue weighted by molar-refractivity contribution is 5.71. The summed E-state index contributed by atoms with van der Waals surface area (Å²) in [6.07, 6.45) is 8.29. The van der Waals surface area contributed by atoms with Crippen LogP contribution in [-0.2, 0) is 0 Å².